The summed E-state index contributed by atoms with van der Waals surface area (Å²) in [5.74, 6) is -0.641. The third-order valence-corrected chi connectivity index (χ3v) is 5.42. The molecule has 5 nitrogen and oxygen atoms in total. The molecule has 0 spiro atoms. The van der Waals surface area contributed by atoms with Gasteiger partial charge in [0, 0.05) is 13.1 Å². The molecule has 0 radical (unpaired) electrons. The number of nitrogens with one attached hydrogen (secondary N) is 2. The second kappa shape index (κ2) is 10.9. The highest BCUT2D eigenvalue weighted by Crippen LogP contribution is 2.24. The van der Waals surface area contributed by atoms with E-state index in [2.05, 4.69) is 39.8 Å². The van der Waals surface area contributed by atoms with Gasteiger partial charge in [0.1, 0.15) is 6.04 Å². The number of rotatable bonds is 8. The van der Waals surface area contributed by atoms with E-state index in [4.69, 9.17) is 11.6 Å². The van der Waals surface area contributed by atoms with Gasteiger partial charge < -0.3 is 15.5 Å². The Morgan fingerprint density at radius 2 is 1.59 bits per heavy atom. The number of nitrogens with zero attached hydrogens (tertiary/aromatic N) is 1. The summed E-state index contributed by atoms with van der Waals surface area (Å²) in [7, 11) is 4.09. The third kappa shape index (κ3) is 6.19. The highest BCUT2D eigenvalue weighted by Gasteiger charge is 2.18. The molecule has 3 aromatic rings. The van der Waals surface area contributed by atoms with E-state index in [-0.39, 0.29) is 11.8 Å². The summed E-state index contributed by atoms with van der Waals surface area (Å²) >= 11 is 6.07. The molecule has 1 unspecified atom stereocenters. The summed E-state index contributed by atoms with van der Waals surface area (Å²) in [6.45, 7) is 2.90. The zero-order valence-electron chi connectivity index (χ0n) is 18.6. The van der Waals surface area contributed by atoms with E-state index in [1.54, 1.807) is 31.2 Å². The van der Waals surface area contributed by atoms with Gasteiger partial charge in [-0.3, -0.25) is 9.59 Å². The predicted octanol–water partition coefficient (Wildman–Crippen LogP) is 4.50. The van der Waals surface area contributed by atoms with E-state index < -0.39 is 6.04 Å². The number of amides is 2. The number of carbonyl (C=O) groups is 2. The molecule has 0 aliphatic rings. The zero-order chi connectivity index (χ0) is 23.1. The predicted molar refractivity (Wildman–Crippen MR) is 129 cm³/mol. The van der Waals surface area contributed by atoms with Crippen LogP contribution in [-0.2, 0) is 17.9 Å². The summed E-state index contributed by atoms with van der Waals surface area (Å²) < 4.78 is 0. The minimum atomic E-state index is -0.698. The maximum atomic E-state index is 12.6. The number of hydrogen-bond acceptors (Lipinski definition) is 3. The topological polar surface area (TPSA) is 61.4 Å². The normalized spacial score (nSPS) is 11.8. The Labute approximate surface area is 194 Å². The van der Waals surface area contributed by atoms with Crippen LogP contribution in [0, 0.1) is 0 Å². The zero-order valence-corrected chi connectivity index (χ0v) is 19.3. The van der Waals surface area contributed by atoms with E-state index in [1.165, 1.54) is 5.56 Å². The van der Waals surface area contributed by atoms with Gasteiger partial charge in [0.15, 0.2) is 0 Å². The second-order valence-electron chi connectivity index (χ2n) is 7.98. The first-order valence-electron chi connectivity index (χ1n) is 10.5. The van der Waals surface area contributed by atoms with Gasteiger partial charge in [-0.15, -0.1) is 0 Å². The van der Waals surface area contributed by atoms with E-state index in [1.807, 2.05) is 38.4 Å². The minimum absolute atomic E-state index is 0.262. The lowest BCUT2D eigenvalue weighted by molar-refractivity contribution is -0.122. The van der Waals surface area contributed by atoms with Crippen LogP contribution in [0.4, 0.5) is 0 Å². The van der Waals surface area contributed by atoms with Crippen LogP contribution in [0.2, 0.25) is 5.02 Å². The summed E-state index contributed by atoms with van der Waals surface area (Å²) in [4.78, 5) is 27.1. The van der Waals surface area contributed by atoms with Crippen molar-refractivity contribution in [2.45, 2.75) is 26.1 Å². The molecule has 0 saturated carbocycles. The van der Waals surface area contributed by atoms with Crippen molar-refractivity contribution in [2.75, 3.05) is 14.1 Å². The molecule has 6 heteroatoms. The largest absolute Gasteiger partial charge is 0.350 e. The summed E-state index contributed by atoms with van der Waals surface area (Å²) in [6, 6.07) is 22.5. The van der Waals surface area contributed by atoms with Gasteiger partial charge in [0.2, 0.25) is 5.91 Å². The molecule has 32 heavy (non-hydrogen) atoms. The molecular formula is C26H28ClN3O2. The van der Waals surface area contributed by atoms with Crippen molar-refractivity contribution in [1.29, 1.82) is 0 Å². The van der Waals surface area contributed by atoms with E-state index >= 15 is 0 Å². The van der Waals surface area contributed by atoms with Gasteiger partial charge in [-0.05, 0) is 55.4 Å². The highest BCUT2D eigenvalue weighted by atomic mass is 35.5. The molecule has 2 amide bonds. The van der Waals surface area contributed by atoms with Gasteiger partial charge in [0.05, 0.1) is 10.6 Å². The monoisotopic (exact) mass is 449 g/mol. The van der Waals surface area contributed by atoms with E-state index in [0.717, 1.165) is 23.2 Å². The SMILES string of the molecule is CC(NC(=O)c1ccccc1Cl)C(=O)NCc1ccccc1-c1ccc(CN(C)C)cc1. The standard InChI is InChI=1S/C26H28ClN3O2/c1-18(29-26(32)23-10-6-7-11-24(23)27)25(31)28-16-21-8-4-5-9-22(21)20-14-12-19(13-15-20)17-30(2)3/h4-15,18H,16-17H2,1-3H3,(H,28,31)(H,29,32). The van der Waals surface area contributed by atoms with Gasteiger partial charge in [-0.2, -0.15) is 0 Å². The van der Waals surface area contributed by atoms with Crippen molar-refractivity contribution < 1.29 is 9.59 Å². The van der Waals surface area contributed by atoms with Crippen LogP contribution in [-0.4, -0.2) is 36.9 Å². The Morgan fingerprint density at radius 3 is 2.28 bits per heavy atom. The smallest absolute Gasteiger partial charge is 0.253 e. The van der Waals surface area contributed by atoms with Crippen LogP contribution in [0.15, 0.2) is 72.8 Å². The van der Waals surface area contributed by atoms with Crippen molar-refractivity contribution in [3.63, 3.8) is 0 Å². The fraction of sp³-hybridized carbons (Fsp3) is 0.231. The molecule has 0 aromatic heterocycles. The molecule has 166 valence electrons. The van der Waals surface area contributed by atoms with Crippen molar-refractivity contribution >= 4 is 23.4 Å². The fourth-order valence-corrected chi connectivity index (χ4v) is 3.65. The lowest BCUT2D eigenvalue weighted by Gasteiger charge is -2.16. The van der Waals surface area contributed by atoms with Crippen molar-refractivity contribution in [2.24, 2.45) is 0 Å². The van der Waals surface area contributed by atoms with E-state index in [0.29, 0.717) is 17.1 Å². The van der Waals surface area contributed by atoms with Crippen LogP contribution in [0.1, 0.15) is 28.4 Å². The molecule has 2 N–H and O–H groups in total. The fourth-order valence-electron chi connectivity index (χ4n) is 3.43. The van der Waals surface area contributed by atoms with Crippen LogP contribution >= 0.6 is 11.6 Å². The second-order valence-corrected chi connectivity index (χ2v) is 8.39. The maximum absolute atomic E-state index is 12.6. The number of hydrogen-bond donors (Lipinski definition) is 2. The van der Waals surface area contributed by atoms with Crippen LogP contribution < -0.4 is 10.6 Å². The molecule has 0 aliphatic carbocycles. The molecule has 0 bridgehead atoms. The van der Waals surface area contributed by atoms with Gasteiger partial charge in [-0.25, -0.2) is 0 Å². The molecule has 3 aromatic carbocycles. The molecule has 0 heterocycles. The molecule has 3 rings (SSSR count). The summed E-state index contributed by atoms with van der Waals surface area (Å²) in [5.41, 5.74) is 4.75. The molecule has 1 atom stereocenters. The molecule has 0 saturated heterocycles. The maximum Gasteiger partial charge on any atom is 0.253 e. The Morgan fingerprint density at radius 1 is 0.938 bits per heavy atom. The Balaban J connectivity index is 1.64. The summed E-state index contributed by atoms with van der Waals surface area (Å²) in [6.07, 6.45) is 0. The lowest BCUT2D eigenvalue weighted by Crippen LogP contribution is -2.44. The summed E-state index contributed by atoms with van der Waals surface area (Å²) in [5, 5.41) is 5.98. The Bertz CT molecular complexity index is 1080. The molecule has 0 fully saturated rings. The number of carbonyl (C=O) groups excluding carboxylic acids is 2. The third-order valence-electron chi connectivity index (χ3n) is 5.09. The molecule has 0 aliphatic heterocycles. The number of benzene rings is 3. The van der Waals surface area contributed by atoms with E-state index in [9.17, 15) is 9.59 Å². The Hall–Kier alpha value is -3.15. The minimum Gasteiger partial charge on any atom is -0.350 e. The quantitative estimate of drug-likeness (QED) is 0.532. The van der Waals surface area contributed by atoms with Gasteiger partial charge in [0.25, 0.3) is 5.91 Å². The highest BCUT2D eigenvalue weighted by molar-refractivity contribution is 6.33. The van der Waals surface area contributed by atoms with Crippen LogP contribution in [0.25, 0.3) is 11.1 Å². The average Bonchev–Trinajstić information content (AvgIpc) is 2.78. The average molecular weight is 450 g/mol. The first kappa shape index (κ1) is 23.5. The van der Waals surface area contributed by atoms with Crippen molar-refractivity contribution in [3.8, 4) is 11.1 Å². The van der Waals surface area contributed by atoms with Gasteiger partial charge in [-0.1, -0.05) is 72.3 Å². The van der Waals surface area contributed by atoms with Crippen molar-refractivity contribution in [3.05, 3.63) is 94.5 Å². The Kier molecular flexibility index (Phi) is 8.03. The van der Waals surface area contributed by atoms with Gasteiger partial charge >= 0.3 is 0 Å². The first-order chi connectivity index (χ1) is 15.3. The lowest BCUT2D eigenvalue weighted by atomic mass is 9.98. The van der Waals surface area contributed by atoms with Crippen molar-refractivity contribution in [1.82, 2.24) is 15.5 Å². The molecular weight excluding hydrogens is 422 g/mol. The van der Waals surface area contributed by atoms with Crippen LogP contribution in [0.3, 0.4) is 0 Å². The number of halogens is 1. The first-order valence-corrected chi connectivity index (χ1v) is 10.9. The van der Waals surface area contributed by atoms with Crippen LogP contribution in [0.5, 0.6) is 0 Å².